The average molecular weight is 488 g/mol. The maximum Gasteiger partial charge on any atom is 0.0706 e. The number of halogens is 2. The molecule has 0 amide bonds. The molecule has 0 unspecified atom stereocenters. The maximum absolute atomic E-state index is 10.5. The molecule has 4 nitrogen and oxygen atoms in total. The molecule has 0 aliphatic heterocycles. The molecule has 1 N–H and O–H groups in total. The van der Waals surface area contributed by atoms with Gasteiger partial charge in [0.2, 0.25) is 0 Å². The van der Waals surface area contributed by atoms with Gasteiger partial charge >= 0.3 is 0 Å². The van der Waals surface area contributed by atoms with Gasteiger partial charge in [-0.1, -0.05) is 45.2 Å². The van der Waals surface area contributed by atoms with Gasteiger partial charge in [0.05, 0.1) is 6.61 Å². The number of rotatable bonds is 4. The molecule has 6 rings (SSSR count). The van der Waals surface area contributed by atoms with Crippen LogP contribution in [-0.2, 0) is 4.84 Å². The van der Waals surface area contributed by atoms with E-state index in [1.54, 1.807) is 0 Å². The zero-order valence-electron chi connectivity index (χ0n) is 10.3. The summed E-state index contributed by atoms with van der Waals surface area (Å²) in [6.45, 7) is 0.374. The summed E-state index contributed by atoms with van der Waals surface area (Å²) >= 11 is 5.43. The first-order chi connectivity index (χ1) is 9.09. The Morgan fingerprint density at radius 3 is 2.74 bits per heavy atom. The van der Waals surface area contributed by atoms with Crippen molar-refractivity contribution in [3.05, 3.63) is 5.21 Å². The predicted octanol–water partition coefficient (Wildman–Crippen LogP) is 2.86. The third-order valence-electron chi connectivity index (χ3n) is 7.30. The fourth-order valence-electron chi connectivity index (χ4n) is 7.49. The molecule has 6 aliphatic carbocycles. The van der Waals surface area contributed by atoms with Crippen LogP contribution in [0.4, 0.5) is 0 Å². The van der Waals surface area contributed by atoms with Crippen LogP contribution in [0.3, 0.4) is 0 Å². The lowest BCUT2D eigenvalue weighted by Crippen LogP contribution is -2.41. The van der Waals surface area contributed by atoms with Crippen molar-refractivity contribution in [2.24, 2.45) is 46.8 Å². The predicted molar refractivity (Wildman–Crippen MR) is 84.7 cm³/mol. The molecule has 0 spiro atoms. The van der Waals surface area contributed by atoms with Gasteiger partial charge in [-0.05, 0) is 59.7 Å². The summed E-state index contributed by atoms with van der Waals surface area (Å²) < 4.78 is 1.62. The Bertz CT molecular complexity index is 446. The normalized spacial score (nSPS) is 66.5. The topological polar surface area (TPSA) is 55.8 Å². The van der Waals surface area contributed by atoms with Gasteiger partial charge < -0.3 is 10.4 Å². The van der Waals surface area contributed by atoms with Gasteiger partial charge in [0, 0.05) is 7.85 Å². The van der Waals surface area contributed by atoms with Crippen molar-refractivity contribution in [2.75, 3.05) is 6.61 Å². The van der Waals surface area contributed by atoms with E-state index in [1.807, 2.05) is 0 Å². The number of alkyl halides is 2. The Kier molecular flexibility index (Phi) is 2.55. The number of hydrogen-bond acceptors (Lipinski definition) is 4. The van der Waals surface area contributed by atoms with Crippen LogP contribution in [-0.4, -0.2) is 25.1 Å². The zero-order valence-corrected chi connectivity index (χ0v) is 14.6. The van der Waals surface area contributed by atoms with Crippen LogP contribution in [0.15, 0.2) is 0 Å². The quantitative estimate of drug-likeness (QED) is 0.376. The van der Waals surface area contributed by atoms with Gasteiger partial charge in [0.25, 0.3) is 0 Å². The van der Waals surface area contributed by atoms with E-state index >= 15 is 0 Å². The molecule has 6 bridgehead atoms. The van der Waals surface area contributed by atoms with E-state index in [0.29, 0.717) is 12.0 Å². The maximum atomic E-state index is 10.5. The van der Waals surface area contributed by atoms with Gasteiger partial charge in [0.15, 0.2) is 0 Å². The minimum Gasteiger partial charge on any atom is -0.738 e. The molecule has 6 heteroatoms. The van der Waals surface area contributed by atoms with Crippen LogP contribution in [0.1, 0.15) is 12.8 Å². The van der Waals surface area contributed by atoms with Gasteiger partial charge in [-0.15, -0.1) is 5.39 Å². The molecule has 6 saturated carbocycles. The van der Waals surface area contributed by atoms with Crippen LogP contribution in [0.5, 0.6) is 0 Å². The zero-order chi connectivity index (χ0) is 13.1. The molecule has 0 saturated heterocycles. The van der Waals surface area contributed by atoms with E-state index in [1.165, 1.54) is 6.42 Å². The summed E-state index contributed by atoms with van der Waals surface area (Å²) in [5.41, 5.74) is 0.417. The molecule has 0 aromatic carbocycles. The first kappa shape index (κ1) is 12.8. The van der Waals surface area contributed by atoms with Crippen molar-refractivity contribution < 1.29 is 10.0 Å². The Morgan fingerprint density at radius 2 is 2.00 bits per heavy atom. The highest BCUT2D eigenvalue weighted by atomic mass is 127. The van der Waals surface area contributed by atoms with Crippen LogP contribution in [0.25, 0.3) is 0 Å². The van der Waals surface area contributed by atoms with Gasteiger partial charge in [-0.25, -0.2) is 0 Å². The molecular weight excluding hydrogens is 472 g/mol. The van der Waals surface area contributed by atoms with E-state index in [0.717, 1.165) is 55.7 Å². The Hall–Kier alpha value is 1.30. The van der Waals surface area contributed by atoms with Crippen LogP contribution in [0.2, 0.25) is 0 Å². The summed E-state index contributed by atoms with van der Waals surface area (Å²) in [5, 5.41) is 18.8. The van der Waals surface area contributed by atoms with Crippen LogP contribution in [0, 0.1) is 52.0 Å². The molecule has 6 aliphatic rings. The Morgan fingerprint density at radius 1 is 1.21 bits per heavy atom. The fraction of sp³-hybridized carbons (Fsp3) is 1.00. The van der Waals surface area contributed by atoms with E-state index in [2.05, 4.69) is 45.2 Å². The smallest absolute Gasteiger partial charge is 0.0706 e. The number of hydrogen-bond donors (Lipinski definition) is 1. The van der Waals surface area contributed by atoms with E-state index in [-0.39, 0.29) is 5.39 Å². The lowest BCUT2D eigenvalue weighted by molar-refractivity contribution is -0.308. The van der Waals surface area contributed by atoms with Crippen LogP contribution < -0.4 is 0 Å². The molecule has 0 heterocycles. The van der Waals surface area contributed by atoms with Gasteiger partial charge in [-0.2, -0.15) is 0 Å². The summed E-state index contributed by atoms with van der Waals surface area (Å²) in [6, 6.07) is 0. The third kappa shape index (κ3) is 1.17. The molecular formula is C13H16I2NO3-. The standard InChI is InChI=1S/C13H16I2NO3/c14-11-8-4-3-5-7-6(4)10(11)13(9(5)8,12(7)15)1-2-19-16(17)18/h4-12,17H,1-3H2/q-1/t4-,5+,6-,7-,8+,9-,10-,11+,12+,13-/m0/s1. The minimum atomic E-state index is -0.371. The highest BCUT2D eigenvalue weighted by Gasteiger charge is 2.87. The monoisotopic (exact) mass is 488 g/mol. The molecule has 106 valence electrons. The molecule has 10 atom stereocenters. The Balaban J connectivity index is 1.51. The van der Waals surface area contributed by atoms with E-state index in [4.69, 9.17) is 10.0 Å². The first-order valence-electron chi connectivity index (χ1n) is 7.16. The summed E-state index contributed by atoms with van der Waals surface area (Å²) in [4.78, 5) is 4.78. The van der Waals surface area contributed by atoms with Crippen molar-refractivity contribution in [3.63, 3.8) is 0 Å². The molecule has 19 heavy (non-hydrogen) atoms. The lowest BCUT2D eigenvalue weighted by atomic mass is 9.62. The van der Waals surface area contributed by atoms with E-state index < -0.39 is 0 Å². The summed E-state index contributed by atoms with van der Waals surface area (Å²) in [5.74, 6) is 6.62. The van der Waals surface area contributed by atoms with Crippen molar-refractivity contribution in [1.82, 2.24) is 5.39 Å². The second-order valence-electron chi connectivity index (χ2n) is 7.13. The third-order valence-corrected chi connectivity index (χ3v) is 10.9. The van der Waals surface area contributed by atoms with Gasteiger partial charge in [0.1, 0.15) is 0 Å². The molecule has 0 aromatic rings. The highest BCUT2D eigenvalue weighted by Crippen LogP contribution is 2.89. The molecule has 0 aromatic heterocycles. The number of nitrogens with zero attached hydrogens (tertiary/aromatic N) is 1. The van der Waals surface area contributed by atoms with Crippen LogP contribution >= 0.6 is 45.2 Å². The lowest BCUT2D eigenvalue weighted by Gasteiger charge is -2.43. The van der Waals surface area contributed by atoms with Crippen molar-refractivity contribution >= 4 is 45.2 Å². The van der Waals surface area contributed by atoms with Gasteiger partial charge in [-0.3, -0.25) is 4.84 Å². The summed E-state index contributed by atoms with van der Waals surface area (Å²) in [6.07, 6.45) is 2.44. The summed E-state index contributed by atoms with van der Waals surface area (Å²) in [7, 11) is 0. The largest absolute Gasteiger partial charge is 0.738 e. The second-order valence-corrected chi connectivity index (χ2v) is 9.91. The molecule has 6 fully saturated rings. The molecule has 0 radical (unpaired) electrons. The Labute approximate surface area is 139 Å². The van der Waals surface area contributed by atoms with Crippen molar-refractivity contribution in [2.45, 2.75) is 20.7 Å². The highest BCUT2D eigenvalue weighted by molar-refractivity contribution is 14.1. The first-order valence-corrected chi connectivity index (χ1v) is 9.65. The minimum absolute atomic E-state index is 0.371. The van der Waals surface area contributed by atoms with Crippen molar-refractivity contribution in [1.29, 1.82) is 0 Å². The van der Waals surface area contributed by atoms with E-state index in [9.17, 15) is 5.21 Å². The average Bonchev–Trinajstić information content (AvgIpc) is 3.05. The fourth-order valence-corrected chi connectivity index (χ4v) is 11.8. The SMILES string of the molecule is [O-]N(O)OCC[C@]12[C@@H]3[C@H](I)[C@@H]4[C@H]5C[C@H]([C@@H]([C@H]53)[C@H]1I)[C@@H]42. The second kappa shape index (κ2) is 3.79. The van der Waals surface area contributed by atoms with Crippen molar-refractivity contribution in [3.8, 4) is 0 Å².